The fourth-order valence-electron chi connectivity index (χ4n) is 4.35. The minimum Gasteiger partial charge on any atom is -0.358 e. The van der Waals surface area contributed by atoms with Crippen LogP contribution in [0.2, 0.25) is 0 Å². The lowest BCUT2D eigenvalue weighted by Gasteiger charge is -2.24. The first-order valence-corrected chi connectivity index (χ1v) is 9.58. The molecule has 4 aromatic rings. The average Bonchev–Trinajstić information content (AvgIpc) is 3.04. The van der Waals surface area contributed by atoms with Gasteiger partial charge in [0.05, 0.1) is 0 Å². The van der Waals surface area contributed by atoms with Gasteiger partial charge in [-0.25, -0.2) is 0 Å². The summed E-state index contributed by atoms with van der Waals surface area (Å²) in [6.45, 7) is 2.13. The van der Waals surface area contributed by atoms with Gasteiger partial charge in [-0.3, -0.25) is 4.79 Å². The molecule has 1 heterocycles. The summed E-state index contributed by atoms with van der Waals surface area (Å²) in [5.41, 5.74) is 5.93. The maximum absolute atomic E-state index is 12.9. The molecule has 1 atom stereocenters. The number of benzene rings is 3. The fourth-order valence-corrected chi connectivity index (χ4v) is 4.35. The Balaban J connectivity index is 1.41. The van der Waals surface area contributed by atoms with Gasteiger partial charge in [0.2, 0.25) is 0 Å². The molecular formula is C24H22N2O. The summed E-state index contributed by atoms with van der Waals surface area (Å²) >= 11 is 0. The summed E-state index contributed by atoms with van der Waals surface area (Å²) in [5.74, 6) is 0.0206. The lowest BCUT2D eigenvalue weighted by molar-refractivity contribution is 0.0935. The van der Waals surface area contributed by atoms with Gasteiger partial charge < -0.3 is 10.3 Å². The SMILES string of the molecule is Cc1ccc2[nH]c3c(c2c1)CCC(NC(=O)c1cccc2ccccc12)C3. The van der Waals surface area contributed by atoms with E-state index in [0.29, 0.717) is 0 Å². The van der Waals surface area contributed by atoms with E-state index >= 15 is 0 Å². The van der Waals surface area contributed by atoms with E-state index in [9.17, 15) is 4.79 Å². The van der Waals surface area contributed by atoms with E-state index in [1.54, 1.807) is 0 Å². The molecule has 3 heteroatoms. The zero-order valence-electron chi connectivity index (χ0n) is 15.4. The van der Waals surface area contributed by atoms with Gasteiger partial charge in [-0.05, 0) is 54.3 Å². The van der Waals surface area contributed by atoms with Gasteiger partial charge in [0, 0.05) is 34.6 Å². The highest BCUT2D eigenvalue weighted by Gasteiger charge is 2.24. The monoisotopic (exact) mass is 354 g/mol. The van der Waals surface area contributed by atoms with Crippen LogP contribution in [0.15, 0.2) is 60.7 Å². The molecule has 0 bridgehead atoms. The molecule has 27 heavy (non-hydrogen) atoms. The minimum atomic E-state index is 0.0206. The number of aryl methyl sites for hydroxylation is 2. The highest BCUT2D eigenvalue weighted by atomic mass is 16.1. The summed E-state index contributed by atoms with van der Waals surface area (Å²) in [4.78, 5) is 16.5. The molecule has 0 radical (unpaired) electrons. The Morgan fingerprint density at radius 1 is 1.04 bits per heavy atom. The van der Waals surface area contributed by atoms with Crippen molar-refractivity contribution in [2.24, 2.45) is 0 Å². The number of rotatable bonds is 2. The molecule has 134 valence electrons. The van der Waals surface area contributed by atoms with Crippen LogP contribution in [0.5, 0.6) is 0 Å². The highest BCUT2D eigenvalue weighted by Crippen LogP contribution is 2.30. The molecule has 0 saturated heterocycles. The number of carbonyl (C=O) groups excluding carboxylic acids is 1. The smallest absolute Gasteiger partial charge is 0.252 e. The molecule has 1 unspecified atom stereocenters. The van der Waals surface area contributed by atoms with Crippen LogP contribution in [0, 0.1) is 6.92 Å². The molecule has 3 aromatic carbocycles. The lowest BCUT2D eigenvalue weighted by atomic mass is 9.91. The zero-order valence-corrected chi connectivity index (χ0v) is 15.4. The fraction of sp³-hybridized carbons (Fsp3) is 0.208. The van der Waals surface area contributed by atoms with Crippen molar-refractivity contribution >= 4 is 27.6 Å². The number of fused-ring (bicyclic) bond motifs is 4. The lowest BCUT2D eigenvalue weighted by Crippen LogP contribution is -2.38. The number of hydrogen-bond acceptors (Lipinski definition) is 1. The third kappa shape index (κ3) is 2.80. The van der Waals surface area contributed by atoms with Gasteiger partial charge in [-0.2, -0.15) is 0 Å². The van der Waals surface area contributed by atoms with Crippen LogP contribution in [0.25, 0.3) is 21.7 Å². The molecule has 3 nitrogen and oxygen atoms in total. The van der Waals surface area contributed by atoms with Gasteiger partial charge in [-0.1, -0.05) is 48.0 Å². The quantitative estimate of drug-likeness (QED) is 0.527. The molecule has 0 spiro atoms. The van der Waals surface area contributed by atoms with Crippen molar-refractivity contribution in [3.05, 3.63) is 83.0 Å². The predicted molar refractivity (Wildman–Crippen MR) is 110 cm³/mol. The number of hydrogen-bond donors (Lipinski definition) is 2. The average molecular weight is 354 g/mol. The van der Waals surface area contributed by atoms with Crippen LogP contribution >= 0.6 is 0 Å². The predicted octanol–water partition coefficient (Wildman–Crippen LogP) is 4.92. The van der Waals surface area contributed by atoms with Gasteiger partial charge in [0.1, 0.15) is 0 Å². The molecule has 2 N–H and O–H groups in total. The Hall–Kier alpha value is -3.07. The summed E-state index contributed by atoms with van der Waals surface area (Å²) < 4.78 is 0. The Labute approximate surface area is 158 Å². The van der Waals surface area contributed by atoms with Crippen LogP contribution in [-0.2, 0) is 12.8 Å². The molecule has 0 saturated carbocycles. The van der Waals surface area contributed by atoms with E-state index in [1.807, 2.05) is 42.5 Å². The number of aromatic amines is 1. The third-order valence-corrected chi connectivity index (χ3v) is 5.71. The molecule has 1 aliphatic carbocycles. The Kier molecular flexibility index (Phi) is 3.75. The maximum atomic E-state index is 12.9. The van der Waals surface area contributed by atoms with Crippen molar-refractivity contribution in [2.45, 2.75) is 32.2 Å². The Morgan fingerprint density at radius 2 is 1.89 bits per heavy atom. The molecule has 0 fully saturated rings. The minimum absolute atomic E-state index is 0.0206. The summed E-state index contributed by atoms with van der Waals surface area (Å²) in [6, 6.07) is 20.7. The second kappa shape index (κ2) is 6.27. The zero-order chi connectivity index (χ0) is 18.4. The van der Waals surface area contributed by atoms with Crippen molar-refractivity contribution in [3.63, 3.8) is 0 Å². The molecule has 1 aromatic heterocycles. The number of nitrogens with one attached hydrogen (secondary N) is 2. The van der Waals surface area contributed by atoms with E-state index in [2.05, 4.69) is 35.4 Å². The van der Waals surface area contributed by atoms with Crippen molar-refractivity contribution in [2.75, 3.05) is 0 Å². The molecule has 1 amide bonds. The first-order chi connectivity index (χ1) is 13.2. The Morgan fingerprint density at radius 3 is 2.81 bits per heavy atom. The number of H-pyrrole nitrogens is 1. The molecule has 0 aliphatic heterocycles. The normalized spacial score (nSPS) is 16.4. The van der Waals surface area contributed by atoms with Crippen molar-refractivity contribution in [1.29, 1.82) is 0 Å². The van der Waals surface area contributed by atoms with Crippen molar-refractivity contribution in [1.82, 2.24) is 10.3 Å². The molecule has 5 rings (SSSR count). The standard InChI is InChI=1S/C24H22N2O/c1-15-9-12-22-21(13-15)19-11-10-17(14-23(19)26-22)25-24(27)20-8-4-6-16-5-2-3-7-18(16)20/h2-9,12-13,17,26H,10-11,14H2,1H3,(H,25,27). The maximum Gasteiger partial charge on any atom is 0.252 e. The topological polar surface area (TPSA) is 44.9 Å². The van der Waals surface area contributed by atoms with E-state index in [1.165, 1.54) is 27.7 Å². The number of carbonyl (C=O) groups is 1. The van der Waals surface area contributed by atoms with Gasteiger partial charge in [0.15, 0.2) is 0 Å². The van der Waals surface area contributed by atoms with E-state index in [0.717, 1.165) is 35.6 Å². The van der Waals surface area contributed by atoms with Crippen LogP contribution in [0.3, 0.4) is 0 Å². The summed E-state index contributed by atoms with van der Waals surface area (Å²) in [7, 11) is 0. The van der Waals surface area contributed by atoms with Crippen molar-refractivity contribution in [3.8, 4) is 0 Å². The molecule has 1 aliphatic rings. The van der Waals surface area contributed by atoms with Crippen molar-refractivity contribution < 1.29 is 4.79 Å². The van der Waals surface area contributed by atoms with E-state index in [-0.39, 0.29) is 11.9 Å². The largest absolute Gasteiger partial charge is 0.358 e. The second-order valence-corrected chi connectivity index (χ2v) is 7.57. The third-order valence-electron chi connectivity index (χ3n) is 5.71. The summed E-state index contributed by atoms with van der Waals surface area (Å²) in [5, 5.41) is 6.71. The Bertz CT molecular complexity index is 1170. The number of aromatic nitrogens is 1. The molecular weight excluding hydrogens is 332 g/mol. The van der Waals surface area contributed by atoms with Crippen LogP contribution < -0.4 is 5.32 Å². The van der Waals surface area contributed by atoms with Crippen LogP contribution in [0.4, 0.5) is 0 Å². The van der Waals surface area contributed by atoms with Gasteiger partial charge in [0.25, 0.3) is 5.91 Å². The second-order valence-electron chi connectivity index (χ2n) is 7.57. The van der Waals surface area contributed by atoms with Gasteiger partial charge >= 0.3 is 0 Å². The van der Waals surface area contributed by atoms with Crippen LogP contribution in [0.1, 0.15) is 33.6 Å². The summed E-state index contributed by atoms with van der Waals surface area (Å²) in [6.07, 6.45) is 2.84. The van der Waals surface area contributed by atoms with E-state index < -0.39 is 0 Å². The van der Waals surface area contributed by atoms with Gasteiger partial charge in [-0.15, -0.1) is 0 Å². The first kappa shape index (κ1) is 16.1. The first-order valence-electron chi connectivity index (χ1n) is 9.58. The number of amides is 1. The highest BCUT2D eigenvalue weighted by molar-refractivity contribution is 6.07. The van der Waals surface area contributed by atoms with Crippen LogP contribution in [-0.4, -0.2) is 16.9 Å². The van der Waals surface area contributed by atoms with E-state index in [4.69, 9.17) is 0 Å².